The van der Waals surface area contributed by atoms with Gasteiger partial charge < -0.3 is 9.30 Å². The fraction of sp³-hybridized carbons (Fsp3) is 0.0857. The van der Waals surface area contributed by atoms with Gasteiger partial charge in [0, 0.05) is 27.3 Å². The molecule has 0 unspecified atom stereocenters. The van der Waals surface area contributed by atoms with Gasteiger partial charge in [-0.15, -0.1) is 0 Å². The predicted octanol–water partition coefficient (Wildman–Crippen LogP) is 7.67. The third kappa shape index (κ3) is 2.73. The highest BCUT2D eigenvalue weighted by Gasteiger charge is 2.40. The number of hydrogen-bond donors (Lipinski definition) is 0. The van der Waals surface area contributed by atoms with Gasteiger partial charge in [-0.25, -0.2) is 0 Å². The highest BCUT2D eigenvalue weighted by molar-refractivity contribution is 6.12. The van der Waals surface area contributed by atoms with Crippen molar-refractivity contribution in [2.45, 2.75) is 19.3 Å². The van der Waals surface area contributed by atoms with Crippen LogP contribution in [0.25, 0.3) is 38.1 Å². The minimum atomic E-state index is -0.491. The van der Waals surface area contributed by atoms with Crippen LogP contribution < -0.4 is 15.8 Å². The third-order valence-electron chi connectivity index (χ3n) is 8.45. The second-order valence-electron chi connectivity index (χ2n) is 10.9. The molecular formula is C35H24N2O2. The van der Waals surface area contributed by atoms with Crippen molar-refractivity contribution >= 4 is 55.2 Å². The first-order valence-electron chi connectivity index (χ1n) is 13.2. The van der Waals surface area contributed by atoms with E-state index < -0.39 is 5.41 Å². The smallest absolute Gasteiger partial charge is 0.197 e. The van der Waals surface area contributed by atoms with Crippen LogP contribution in [0.5, 0.6) is 0 Å². The summed E-state index contributed by atoms with van der Waals surface area (Å²) < 4.78 is 2.13. The van der Waals surface area contributed by atoms with Crippen molar-refractivity contribution < 1.29 is 0 Å². The maximum absolute atomic E-state index is 14.5. The summed E-state index contributed by atoms with van der Waals surface area (Å²) in [6, 6.07) is 36.0. The van der Waals surface area contributed by atoms with Gasteiger partial charge in [-0.05, 0) is 59.7 Å². The molecule has 5 aromatic carbocycles. The Morgan fingerprint density at radius 2 is 1.18 bits per heavy atom. The minimum Gasteiger partial charge on any atom is -0.310 e. The summed E-state index contributed by atoms with van der Waals surface area (Å²) >= 11 is 0. The Morgan fingerprint density at radius 1 is 0.590 bits per heavy atom. The molecule has 0 atom stereocenters. The van der Waals surface area contributed by atoms with E-state index in [2.05, 4.69) is 53.5 Å². The standard InChI is InChI=1S/C35H24N2O2/c1-35(2)25-16-8-11-19-28(25)36(21-12-4-3-5-13-21)29-20-24-32-30(31(29)35)34(39)23-15-7-10-18-27(23)37(32)26-17-9-6-14-22(26)33(24)38/h3-20H,1-2H3. The van der Waals surface area contributed by atoms with Crippen molar-refractivity contribution in [2.24, 2.45) is 0 Å². The topological polar surface area (TPSA) is 41.8 Å². The second-order valence-corrected chi connectivity index (χ2v) is 10.9. The Hall–Kier alpha value is -4.96. The number of hydrogen-bond acceptors (Lipinski definition) is 3. The van der Waals surface area contributed by atoms with E-state index in [9.17, 15) is 9.59 Å². The number of aromatic nitrogens is 1. The SMILES string of the molecule is CC1(C)c2ccccc2N(c2ccccc2)c2cc3c(=O)c4ccccc4n4c5ccccc5c(=O)c(c21)c34. The highest BCUT2D eigenvalue weighted by atomic mass is 16.1. The van der Waals surface area contributed by atoms with Gasteiger partial charge in [-0.3, -0.25) is 9.59 Å². The summed E-state index contributed by atoms with van der Waals surface area (Å²) in [4.78, 5) is 30.9. The second kappa shape index (κ2) is 7.55. The number of fused-ring (bicyclic) bond motifs is 7. The molecule has 0 spiro atoms. The zero-order chi connectivity index (χ0) is 26.5. The van der Waals surface area contributed by atoms with Crippen LogP contribution in [0.2, 0.25) is 0 Å². The lowest BCUT2D eigenvalue weighted by molar-refractivity contribution is 0.638. The van der Waals surface area contributed by atoms with E-state index in [1.807, 2.05) is 78.9 Å². The van der Waals surface area contributed by atoms with E-state index in [-0.39, 0.29) is 10.9 Å². The number of anilines is 3. The molecule has 0 saturated carbocycles. The summed E-state index contributed by atoms with van der Waals surface area (Å²) in [7, 11) is 0. The maximum Gasteiger partial charge on any atom is 0.197 e. The van der Waals surface area contributed by atoms with Crippen LogP contribution in [0, 0.1) is 0 Å². The molecule has 0 fully saturated rings. The third-order valence-corrected chi connectivity index (χ3v) is 8.45. The minimum absolute atomic E-state index is 0.0393. The number of para-hydroxylation sites is 4. The average Bonchev–Trinajstić information content (AvgIpc) is 2.97. The molecule has 2 aromatic heterocycles. The normalized spacial score (nSPS) is 14.3. The van der Waals surface area contributed by atoms with Gasteiger partial charge in [0.25, 0.3) is 0 Å². The Kier molecular flexibility index (Phi) is 4.27. The molecule has 0 radical (unpaired) electrons. The first-order valence-corrected chi connectivity index (χ1v) is 13.2. The van der Waals surface area contributed by atoms with Gasteiger partial charge in [0.2, 0.25) is 0 Å². The average molecular weight is 505 g/mol. The lowest BCUT2D eigenvalue weighted by atomic mass is 9.71. The van der Waals surface area contributed by atoms with Crippen molar-refractivity contribution in [1.82, 2.24) is 4.40 Å². The zero-order valence-electron chi connectivity index (χ0n) is 21.6. The van der Waals surface area contributed by atoms with Gasteiger partial charge in [0.1, 0.15) is 0 Å². The first-order chi connectivity index (χ1) is 19.0. The molecule has 0 amide bonds. The monoisotopic (exact) mass is 504 g/mol. The van der Waals surface area contributed by atoms with Crippen molar-refractivity contribution in [3.05, 3.63) is 141 Å². The van der Waals surface area contributed by atoms with Crippen LogP contribution >= 0.6 is 0 Å². The van der Waals surface area contributed by atoms with Crippen LogP contribution in [0.15, 0.2) is 119 Å². The lowest BCUT2D eigenvalue weighted by Gasteiger charge is -2.42. The Labute approximate surface area is 224 Å². The number of nitrogens with zero attached hydrogens (tertiary/aromatic N) is 2. The van der Waals surface area contributed by atoms with Crippen molar-refractivity contribution in [3.63, 3.8) is 0 Å². The molecule has 7 aromatic rings. The largest absolute Gasteiger partial charge is 0.310 e. The Balaban J connectivity index is 1.71. The van der Waals surface area contributed by atoms with Gasteiger partial charge in [-0.2, -0.15) is 0 Å². The molecule has 4 heteroatoms. The van der Waals surface area contributed by atoms with Crippen LogP contribution in [0.4, 0.5) is 17.1 Å². The first kappa shape index (κ1) is 22.1. The molecule has 0 bridgehead atoms. The quantitative estimate of drug-likeness (QED) is 0.170. The Bertz CT molecular complexity index is 2230. The summed E-state index contributed by atoms with van der Waals surface area (Å²) in [6.45, 7) is 4.37. The van der Waals surface area contributed by atoms with E-state index in [1.165, 1.54) is 0 Å². The summed E-state index contributed by atoms with van der Waals surface area (Å²) in [5.41, 5.74) is 6.72. The van der Waals surface area contributed by atoms with Crippen LogP contribution in [-0.2, 0) is 5.41 Å². The van der Waals surface area contributed by atoms with Crippen molar-refractivity contribution in [3.8, 4) is 0 Å². The molecule has 0 aliphatic carbocycles. The lowest BCUT2D eigenvalue weighted by Crippen LogP contribution is -2.33. The van der Waals surface area contributed by atoms with E-state index in [1.54, 1.807) is 0 Å². The van der Waals surface area contributed by atoms with Gasteiger partial charge in [0.05, 0.1) is 33.3 Å². The Morgan fingerprint density at radius 3 is 1.90 bits per heavy atom. The van der Waals surface area contributed by atoms with Gasteiger partial charge in [0.15, 0.2) is 10.9 Å². The molecular weight excluding hydrogens is 480 g/mol. The van der Waals surface area contributed by atoms with Crippen LogP contribution in [0.1, 0.15) is 25.0 Å². The molecule has 1 aliphatic heterocycles. The van der Waals surface area contributed by atoms with Crippen molar-refractivity contribution in [2.75, 3.05) is 4.90 Å². The van der Waals surface area contributed by atoms with Crippen molar-refractivity contribution in [1.29, 1.82) is 0 Å². The number of rotatable bonds is 1. The zero-order valence-corrected chi connectivity index (χ0v) is 21.6. The van der Waals surface area contributed by atoms with E-state index in [0.29, 0.717) is 27.1 Å². The van der Waals surface area contributed by atoms with E-state index in [0.717, 1.165) is 39.2 Å². The van der Waals surface area contributed by atoms with Crippen LogP contribution in [-0.4, -0.2) is 4.40 Å². The molecule has 1 aliphatic rings. The van der Waals surface area contributed by atoms with E-state index >= 15 is 0 Å². The maximum atomic E-state index is 14.5. The number of benzene rings is 5. The molecule has 186 valence electrons. The molecule has 3 heterocycles. The molecule has 8 rings (SSSR count). The predicted molar refractivity (Wildman–Crippen MR) is 160 cm³/mol. The van der Waals surface area contributed by atoms with E-state index in [4.69, 9.17) is 0 Å². The molecule has 39 heavy (non-hydrogen) atoms. The number of pyridine rings is 2. The summed E-state index contributed by atoms with van der Waals surface area (Å²) in [5.74, 6) is 0. The molecule has 0 N–H and O–H groups in total. The highest BCUT2D eigenvalue weighted by Crippen LogP contribution is 2.54. The van der Waals surface area contributed by atoms with Gasteiger partial charge >= 0.3 is 0 Å². The fourth-order valence-corrected chi connectivity index (χ4v) is 6.78. The fourth-order valence-electron chi connectivity index (χ4n) is 6.78. The van der Waals surface area contributed by atoms with Gasteiger partial charge in [-0.1, -0.05) is 74.5 Å². The summed E-state index contributed by atoms with van der Waals surface area (Å²) in [6.07, 6.45) is 0. The molecule has 0 saturated heterocycles. The van der Waals surface area contributed by atoms with Crippen LogP contribution in [0.3, 0.4) is 0 Å². The molecule has 4 nitrogen and oxygen atoms in total. The summed E-state index contributed by atoms with van der Waals surface area (Å²) in [5, 5.41) is 2.46.